The lowest BCUT2D eigenvalue weighted by Crippen LogP contribution is -2.43. The Labute approximate surface area is 132 Å². The van der Waals surface area contributed by atoms with Gasteiger partial charge in [0.15, 0.2) is 0 Å². The number of nitrogens with zero attached hydrogens (tertiary/aromatic N) is 1. The minimum absolute atomic E-state index is 0. The van der Waals surface area contributed by atoms with Crippen LogP contribution in [0.25, 0.3) is 0 Å². The average molecular weight is 303 g/mol. The predicted molar refractivity (Wildman–Crippen MR) is 84.7 cm³/mol. The van der Waals surface area contributed by atoms with Crippen molar-refractivity contribution in [1.29, 1.82) is 0 Å². The summed E-state index contributed by atoms with van der Waals surface area (Å²) < 4.78 is 26.6. The monoisotopic (exact) mass is 302 g/mol. The normalized spacial score (nSPS) is 29.0. The van der Waals surface area contributed by atoms with E-state index in [4.69, 9.17) is 8.85 Å². The van der Waals surface area contributed by atoms with Gasteiger partial charge in [0.25, 0.3) is 0 Å². The fourth-order valence-corrected chi connectivity index (χ4v) is 3.12. The van der Waals surface area contributed by atoms with E-state index in [2.05, 4.69) is 4.90 Å². The lowest BCUT2D eigenvalue weighted by Gasteiger charge is -2.41. The van der Waals surface area contributed by atoms with Gasteiger partial charge in [-0.25, -0.2) is 0 Å². The summed E-state index contributed by atoms with van der Waals surface area (Å²) in [6.45, 7) is 0.806. The highest BCUT2D eigenvalue weighted by Crippen LogP contribution is 2.42. The van der Waals surface area contributed by atoms with Crippen LogP contribution in [0.5, 0.6) is 5.75 Å². The summed E-state index contributed by atoms with van der Waals surface area (Å²) in [4.78, 5) is 2.09. The quantitative estimate of drug-likeness (QED) is 0.928. The molecule has 0 spiro atoms. The van der Waals surface area contributed by atoms with Crippen LogP contribution >= 0.6 is 12.4 Å². The molecule has 3 nitrogen and oxygen atoms in total. The number of benzene rings is 1. The molecule has 20 heavy (non-hydrogen) atoms. The zero-order valence-corrected chi connectivity index (χ0v) is 12.9. The van der Waals surface area contributed by atoms with E-state index in [0.717, 1.165) is 31.4 Å². The molecule has 114 valence electrons. The number of ether oxygens (including phenoxy) is 1. The molecule has 0 heterocycles. The maximum absolute atomic E-state index is 11.3. The SMILES string of the molecule is Cl.[2H]C([2H])([2H])Oc1cccc([C@@]2(O)CCCC[C@@H]2CN(C)C)c1. The van der Waals surface area contributed by atoms with Crippen LogP contribution in [0.15, 0.2) is 24.3 Å². The zero-order valence-electron chi connectivity index (χ0n) is 15.1. The molecule has 0 radical (unpaired) electrons. The highest BCUT2D eigenvalue weighted by atomic mass is 35.5. The van der Waals surface area contributed by atoms with Crippen molar-refractivity contribution in [3.05, 3.63) is 29.8 Å². The van der Waals surface area contributed by atoms with Crippen LogP contribution in [0.3, 0.4) is 0 Å². The van der Waals surface area contributed by atoms with Gasteiger partial charge >= 0.3 is 0 Å². The van der Waals surface area contributed by atoms with Crippen molar-refractivity contribution in [2.75, 3.05) is 27.7 Å². The Bertz CT molecular complexity index is 510. The van der Waals surface area contributed by atoms with Crippen LogP contribution in [0.4, 0.5) is 0 Å². The molecule has 0 amide bonds. The molecule has 1 saturated carbocycles. The van der Waals surface area contributed by atoms with E-state index in [9.17, 15) is 5.11 Å². The molecule has 2 rings (SSSR count). The number of hydrogen-bond donors (Lipinski definition) is 1. The Kier molecular flexibility index (Phi) is 4.72. The molecule has 0 aliphatic heterocycles. The molecular formula is C16H26ClNO2. The highest BCUT2D eigenvalue weighted by Gasteiger charge is 2.40. The molecule has 1 aromatic carbocycles. The summed E-state index contributed by atoms with van der Waals surface area (Å²) in [6.07, 6.45) is 3.76. The van der Waals surface area contributed by atoms with Gasteiger partial charge in [-0.1, -0.05) is 25.0 Å². The number of methoxy groups -OCH3 is 1. The van der Waals surface area contributed by atoms with Crippen molar-refractivity contribution in [1.82, 2.24) is 4.90 Å². The number of hydrogen-bond acceptors (Lipinski definition) is 3. The van der Waals surface area contributed by atoms with E-state index in [1.165, 1.54) is 0 Å². The summed E-state index contributed by atoms with van der Waals surface area (Å²) in [7, 11) is 1.53. The van der Waals surface area contributed by atoms with Gasteiger partial charge in [0.2, 0.25) is 0 Å². The van der Waals surface area contributed by atoms with E-state index >= 15 is 0 Å². The zero-order chi connectivity index (χ0) is 16.4. The maximum atomic E-state index is 11.3. The molecule has 1 aliphatic rings. The van der Waals surface area contributed by atoms with E-state index in [1.807, 2.05) is 20.2 Å². The minimum atomic E-state index is -2.48. The lowest BCUT2D eigenvalue weighted by molar-refractivity contribution is -0.0619. The third-order valence-corrected chi connectivity index (χ3v) is 4.07. The van der Waals surface area contributed by atoms with Crippen molar-refractivity contribution in [3.8, 4) is 5.75 Å². The van der Waals surface area contributed by atoms with Crippen molar-refractivity contribution < 1.29 is 14.0 Å². The summed E-state index contributed by atoms with van der Waals surface area (Å²) in [5, 5.41) is 11.3. The number of aliphatic hydroxyl groups is 1. The smallest absolute Gasteiger partial charge is 0.119 e. The van der Waals surface area contributed by atoms with Gasteiger partial charge in [-0.3, -0.25) is 0 Å². The molecule has 4 heteroatoms. The molecule has 0 unspecified atom stereocenters. The Hall–Kier alpha value is -0.770. The molecule has 1 aromatic rings. The van der Waals surface area contributed by atoms with Gasteiger partial charge in [-0.05, 0) is 44.6 Å². The van der Waals surface area contributed by atoms with Gasteiger partial charge in [-0.15, -0.1) is 12.4 Å². The Morgan fingerprint density at radius 2 is 2.25 bits per heavy atom. The molecule has 1 N–H and O–H groups in total. The largest absolute Gasteiger partial charge is 0.497 e. The van der Waals surface area contributed by atoms with E-state index in [-0.39, 0.29) is 24.1 Å². The van der Waals surface area contributed by atoms with Crippen LogP contribution in [-0.2, 0) is 5.60 Å². The molecule has 0 bridgehead atoms. The Morgan fingerprint density at radius 3 is 2.95 bits per heavy atom. The van der Waals surface area contributed by atoms with Gasteiger partial charge in [0, 0.05) is 12.5 Å². The maximum Gasteiger partial charge on any atom is 0.119 e. The van der Waals surface area contributed by atoms with Gasteiger partial charge in [0.1, 0.15) is 5.75 Å². The van der Waals surface area contributed by atoms with Crippen LogP contribution in [0.1, 0.15) is 35.4 Å². The van der Waals surface area contributed by atoms with Crippen LogP contribution in [0, 0.1) is 5.92 Å². The number of halogens is 1. The van der Waals surface area contributed by atoms with Gasteiger partial charge < -0.3 is 14.7 Å². The number of rotatable bonds is 4. The highest BCUT2D eigenvalue weighted by molar-refractivity contribution is 5.85. The summed E-state index contributed by atoms with van der Waals surface area (Å²) in [5.41, 5.74) is -0.169. The molecule has 0 saturated heterocycles. The summed E-state index contributed by atoms with van der Waals surface area (Å²) in [6, 6.07) is 6.89. The molecule has 0 aromatic heterocycles. The van der Waals surface area contributed by atoms with Crippen molar-refractivity contribution in [2.45, 2.75) is 31.3 Å². The van der Waals surface area contributed by atoms with Crippen LogP contribution < -0.4 is 4.74 Å². The first-order valence-corrected chi connectivity index (χ1v) is 6.87. The van der Waals surface area contributed by atoms with Crippen molar-refractivity contribution in [3.63, 3.8) is 0 Å². The van der Waals surface area contributed by atoms with E-state index in [0.29, 0.717) is 6.42 Å². The van der Waals surface area contributed by atoms with E-state index < -0.39 is 12.6 Å². The molecular weight excluding hydrogens is 274 g/mol. The Balaban J connectivity index is 0.00000264. The fraction of sp³-hybridized carbons (Fsp3) is 0.625. The predicted octanol–water partition coefficient (Wildman–Crippen LogP) is 3.06. The fourth-order valence-electron chi connectivity index (χ4n) is 3.12. The van der Waals surface area contributed by atoms with Crippen LogP contribution in [0.2, 0.25) is 0 Å². The van der Waals surface area contributed by atoms with Crippen LogP contribution in [-0.4, -0.2) is 37.7 Å². The Morgan fingerprint density at radius 1 is 1.45 bits per heavy atom. The minimum Gasteiger partial charge on any atom is -0.497 e. The van der Waals surface area contributed by atoms with Gasteiger partial charge in [-0.2, -0.15) is 0 Å². The second-order valence-electron chi connectivity index (χ2n) is 5.76. The summed E-state index contributed by atoms with van der Waals surface area (Å²) >= 11 is 0. The van der Waals surface area contributed by atoms with Crippen molar-refractivity contribution >= 4 is 12.4 Å². The second-order valence-corrected chi connectivity index (χ2v) is 5.76. The van der Waals surface area contributed by atoms with Crippen molar-refractivity contribution in [2.24, 2.45) is 5.92 Å². The third-order valence-electron chi connectivity index (χ3n) is 4.07. The summed E-state index contributed by atoms with van der Waals surface area (Å²) in [5.74, 6) is 0.416. The average Bonchev–Trinajstić information content (AvgIpc) is 2.39. The first kappa shape index (κ1) is 12.9. The lowest BCUT2D eigenvalue weighted by atomic mass is 9.71. The molecule has 2 atom stereocenters. The standard InChI is InChI=1S/C16H25NO2.ClH/c1-17(2)12-14-7-4-5-10-16(14,18)13-8-6-9-15(11-13)19-3;/h6,8-9,11,14,18H,4-5,7,10,12H2,1-3H3;1H/t14-,16+;/m1./s1/i3D3;. The molecule has 1 fully saturated rings. The topological polar surface area (TPSA) is 32.7 Å². The van der Waals surface area contributed by atoms with E-state index in [1.54, 1.807) is 18.2 Å². The second kappa shape index (κ2) is 7.30. The first-order chi connectivity index (χ1) is 10.2. The molecule has 1 aliphatic carbocycles. The van der Waals surface area contributed by atoms with Gasteiger partial charge in [0.05, 0.1) is 16.8 Å². The first-order valence-electron chi connectivity index (χ1n) is 8.37. The third kappa shape index (κ3) is 3.66.